The van der Waals surface area contributed by atoms with E-state index in [2.05, 4.69) is 41.0 Å². The number of nitrogens with zero attached hydrogens (tertiary/aromatic N) is 3. The summed E-state index contributed by atoms with van der Waals surface area (Å²) in [5, 5.41) is 1.76. The number of benzene rings is 1. The molecule has 1 aromatic heterocycles. The van der Waals surface area contributed by atoms with Gasteiger partial charge >= 0.3 is 12.0 Å². The van der Waals surface area contributed by atoms with Crippen LogP contribution in [0.25, 0.3) is 0 Å². The maximum absolute atomic E-state index is 12.0. The molecule has 1 saturated heterocycles. The third-order valence-electron chi connectivity index (χ3n) is 5.04. The van der Waals surface area contributed by atoms with Crippen molar-refractivity contribution in [1.82, 2.24) is 4.90 Å². The predicted octanol–water partition coefficient (Wildman–Crippen LogP) is 2.55. The molecule has 0 bridgehead atoms. The summed E-state index contributed by atoms with van der Waals surface area (Å²) in [6.45, 7) is 6.96. The summed E-state index contributed by atoms with van der Waals surface area (Å²) >= 11 is 1.24. The van der Waals surface area contributed by atoms with E-state index in [0.29, 0.717) is 23.7 Å². The first-order valence-electron chi connectivity index (χ1n) is 9.27. The number of piperazine rings is 1. The van der Waals surface area contributed by atoms with Gasteiger partial charge in [-0.3, -0.25) is 9.80 Å². The molecular formula is C20H26N4O3S. The van der Waals surface area contributed by atoms with E-state index in [9.17, 15) is 9.59 Å². The van der Waals surface area contributed by atoms with E-state index >= 15 is 0 Å². The smallest absolute Gasteiger partial charge is 0.350 e. The summed E-state index contributed by atoms with van der Waals surface area (Å²) in [5.41, 5.74) is 8.66. The van der Waals surface area contributed by atoms with Crippen LogP contribution in [0.1, 0.15) is 15.2 Å². The second kappa shape index (κ2) is 9.07. The first-order valence-corrected chi connectivity index (χ1v) is 10.1. The van der Waals surface area contributed by atoms with Crippen LogP contribution in [-0.2, 0) is 4.74 Å². The number of carbonyl (C=O) groups excluding carboxylic acids is 2. The Balaban J connectivity index is 1.59. The maximum Gasteiger partial charge on any atom is 0.350 e. The van der Waals surface area contributed by atoms with Gasteiger partial charge in [0.05, 0.1) is 12.8 Å². The minimum atomic E-state index is -0.568. The van der Waals surface area contributed by atoms with Crippen LogP contribution in [0.5, 0.6) is 0 Å². The van der Waals surface area contributed by atoms with E-state index in [1.165, 1.54) is 34.6 Å². The van der Waals surface area contributed by atoms with Gasteiger partial charge in [0.15, 0.2) is 0 Å². The molecule has 8 heteroatoms. The van der Waals surface area contributed by atoms with Gasteiger partial charge < -0.3 is 15.4 Å². The summed E-state index contributed by atoms with van der Waals surface area (Å²) in [4.78, 5) is 30.5. The highest BCUT2D eigenvalue weighted by Crippen LogP contribution is 2.27. The Bertz CT molecular complexity index is 830. The number of esters is 1. The molecule has 150 valence electrons. The number of thiophene rings is 1. The summed E-state index contributed by atoms with van der Waals surface area (Å²) < 4.78 is 4.80. The van der Waals surface area contributed by atoms with Gasteiger partial charge in [-0.2, -0.15) is 0 Å². The van der Waals surface area contributed by atoms with Crippen molar-refractivity contribution in [2.45, 2.75) is 6.92 Å². The Morgan fingerprint density at radius 2 is 1.89 bits per heavy atom. The minimum Gasteiger partial charge on any atom is -0.465 e. The van der Waals surface area contributed by atoms with E-state index < -0.39 is 12.0 Å². The molecule has 28 heavy (non-hydrogen) atoms. The van der Waals surface area contributed by atoms with Gasteiger partial charge in [-0.25, -0.2) is 9.59 Å². The molecule has 0 unspecified atom stereocenters. The molecule has 0 saturated carbocycles. The minimum absolute atomic E-state index is 0.394. The number of urea groups is 1. The fourth-order valence-electron chi connectivity index (χ4n) is 3.48. The van der Waals surface area contributed by atoms with Crippen molar-refractivity contribution in [1.29, 1.82) is 0 Å². The second-order valence-electron chi connectivity index (χ2n) is 6.73. The summed E-state index contributed by atoms with van der Waals surface area (Å²) in [5.74, 6) is -0.455. The van der Waals surface area contributed by atoms with E-state index in [-0.39, 0.29) is 0 Å². The number of primary amides is 1. The lowest BCUT2D eigenvalue weighted by atomic mass is 10.1. The van der Waals surface area contributed by atoms with Crippen molar-refractivity contribution in [3.05, 3.63) is 46.2 Å². The topological polar surface area (TPSA) is 79.1 Å². The van der Waals surface area contributed by atoms with Crippen molar-refractivity contribution in [3.8, 4) is 0 Å². The predicted molar refractivity (Wildman–Crippen MR) is 112 cm³/mol. The zero-order valence-electron chi connectivity index (χ0n) is 16.3. The molecule has 2 amide bonds. The van der Waals surface area contributed by atoms with Crippen LogP contribution in [0.3, 0.4) is 0 Å². The van der Waals surface area contributed by atoms with E-state index in [1.54, 1.807) is 11.4 Å². The largest absolute Gasteiger partial charge is 0.465 e. The molecule has 1 aliphatic heterocycles. The molecule has 0 spiro atoms. The molecular weight excluding hydrogens is 376 g/mol. The number of ether oxygens (including phenoxy) is 1. The van der Waals surface area contributed by atoms with Crippen LogP contribution >= 0.6 is 11.3 Å². The SMILES string of the molecule is COC(=O)c1sccc1N(CCN1CCN(c2ccccc2C)CC1)C(N)=O. The zero-order chi connectivity index (χ0) is 20.1. The van der Waals surface area contributed by atoms with Gasteiger partial charge in [-0.05, 0) is 30.0 Å². The molecule has 7 nitrogen and oxygen atoms in total. The lowest BCUT2D eigenvalue weighted by molar-refractivity contribution is 0.0607. The van der Waals surface area contributed by atoms with Crippen molar-refractivity contribution >= 4 is 34.7 Å². The zero-order valence-corrected chi connectivity index (χ0v) is 17.1. The molecule has 0 radical (unpaired) electrons. The van der Waals surface area contributed by atoms with Gasteiger partial charge in [0, 0.05) is 45.0 Å². The summed E-state index contributed by atoms with van der Waals surface area (Å²) in [6, 6.07) is 9.58. The van der Waals surface area contributed by atoms with Crippen LogP contribution in [0.2, 0.25) is 0 Å². The lowest BCUT2D eigenvalue weighted by Crippen LogP contribution is -2.50. The number of hydrogen-bond donors (Lipinski definition) is 1. The number of nitrogens with two attached hydrogens (primary N) is 1. The number of methoxy groups -OCH3 is 1. The van der Waals surface area contributed by atoms with Crippen LogP contribution in [0.15, 0.2) is 35.7 Å². The van der Waals surface area contributed by atoms with E-state index in [0.717, 1.165) is 26.2 Å². The fourth-order valence-corrected chi connectivity index (χ4v) is 4.29. The number of anilines is 2. The number of hydrogen-bond acceptors (Lipinski definition) is 6. The van der Waals surface area contributed by atoms with Gasteiger partial charge in [0.1, 0.15) is 4.88 Å². The Morgan fingerprint density at radius 1 is 1.18 bits per heavy atom. The second-order valence-corrected chi connectivity index (χ2v) is 7.65. The molecule has 2 aromatic rings. The molecule has 1 fully saturated rings. The number of rotatable bonds is 6. The number of para-hydroxylation sites is 1. The molecule has 2 heterocycles. The van der Waals surface area contributed by atoms with Crippen molar-refractivity contribution in [3.63, 3.8) is 0 Å². The van der Waals surface area contributed by atoms with Crippen molar-refractivity contribution < 1.29 is 14.3 Å². The number of carbonyl (C=O) groups is 2. The average Bonchev–Trinajstić information content (AvgIpc) is 3.18. The third-order valence-corrected chi connectivity index (χ3v) is 5.92. The van der Waals surface area contributed by atoms with Crippen LogP contribution in [-0.4, -0.2) is 63.3 Å². The molecule has 0 aliphatic carbocycles. The quantitative estimate of drug-likeness (QED) is 0.751. The number of amides is 2. The first kappa shape index (κ1) is 20.2. The summed E-state index contributed by atoms with van der Waals surface area (Å²) in [7, 11) is 1.33. The van der Waals surface area contributed by atoms with Gasteiger partial charge in [0.25, 0.3) is 0 Å². The van der Waals surface area contributed by atoms with E-state index in [1.807, 2.05) is 0 Å². The Hall–Kier alpha value is -2.58. The monoisotopic (exact) mass is 402 g/mol. The third kappa shape index (κ3) is 4.45. The van der Waals surface area contributed by atoms with Crippen LogP contribution < -0.4 is 15.5 Å². The molecule has 3 rings (SSSR count). The normalized spacial score (nSPS) is 14.7. The molecule has 1 aliphatic rings. The maximum atomic E-state index is 12.0. The van der Waals surface area contributed by atoms with Crippen molar-refractivity contribution in [2.24, 2.45) is 5.73 Å². The Kier molecular flexibility index (Phi) is 6.53. The molecule has 1 aromatic carbocycles. The Morgan fingerprint density at radius 3 is 2.54 bits per heavy atom. The van der Waals surface area contributed by atoms with Gasteiger partial charge in [0.2, 0.25) is 0 Å². The van der Waals surface area contributed by atoms with Gasteiger partial charge in [-0.15, -0.1) is 11.3 Å². The molecule has 2 N–H and O–H groups in total. The summed E-state index contributed by atoms with van der Waals surface area (Å²) in [6.07, 6.45) is 0. The average molecular weight is 403 g/mol. The fraction of sp³-hybridized carbons (Fsp3) is 0.400. The van der Waals surface area contributed by atoms with Crippen LogP contribution in [0, 0.1) is 6.92 Å². The molecule has 0 atom stereocenters. The highest BCUT2D eigenvalue weighted by molar-refractivity contribution is 7.12. The van der Waals surface area contributed by atoms with E-state index in [4.69, 9.17) is 10.5 Å². The first-order chi connectivity index (χ1) is 13.5. The standard InChI is InChI=1S/C20H26N4O3S/c1-15-5-3-4-6-16(15)23-11-8-22(9-12-23)10-13-24(20(21)26)17-7-14-28-18(17)19(25)27-2/h3-7,14H,8-13H2,1-2H3,(H2,21,26). The number of aryl methyl sites for hydroxylation is 1. The highest BCUT2D eigenvalue weighted by atomic mass is 32.1. The lowest BCUT2D eigenvalue weighted by Gasteiger charge is -2.37. The van der Waals surface area contributed by atoms with Gasteiger partial charge in [-0.1, -0.05) is 18.2 Å². The van der Waals surface area contributed by atoms with Crippen LogP contribution in [0.4, 0.5) is 16.2 Å². The Labute approximate surface area is 169 Å². The van der Waals surface area contributed by atoms with Crippen molar-refractivity contribution in [2.75, 3.05) is 56.2 Å². The highest BCUT2D eigenvalue weighted by Gasteiger charge is 2.24.